The Labute approximate surface area is 116 Å². The first-order chi connectivity index (χ1) is 9.24. The number of anilines is 1. The number of hydrogen-bond acceptors (Lipinski definition) is 5. The first-order valence-corrected chi connectivity index (χ1v) is 7.84. The highest BCUT2D eigenvalue weighted by Crippen LogP contribution is 2.39. The molecule has 2 aliphatic carbocycles. The second-order valence-corrected chi connectivity index (χ2v) is 6.32. The fraction of sp³-hybridized carbons (Fsp3) is 0.769. The highest BCUT2D eigenvalue weighted by atomic mass is 32.1. The Balaban J connectivity index is 1.68. The van der Waals surface area contributed by atoms with Crippen molar-refractivity contribution >= 4 is 22.6 Å². The van der Waals surface area contributed by atoms with E-state index in [9.17, 15) is 9.90 Å². The van der Waals surface area contributed by atoms with Crippen molar-refractivity contribution in [3.05, 3.63) is 5.82 Å². The number of aliphatic carboxylic acids is 1. The summed E-state index contributed by atoms with van der Waals surface area (Å²) in [4.78, 5) is 15.9. The number of nitrogens with zero attached hydrogens (tertiary/aromatic N) is 2. The Kier molecular flexibility index (Phi) is 3.68. The lowest BCUT2D eigenvalue weighted by molar-refractivity contribution is -0.142. The molecule has 0 spiro atoms. The van der Waals surface area contributed by atoms with Crippen molar-refractivity contribution in [3.63, 3.8) is 0 Å². The van der Waals surface area contributed by atoms with E-state index in [1.54, 1.807) is 0 Å². The predicted molar refractivity (Wildman–Crippen MR) is 73.5 cm³/mol. The predicted octanol–water partition coefficient (Wildman–Crippen LogP) is 2.86. The summed E-state index contributed by atoms with van der Waals surface area (Å²) < 4.78 is 4.36. The molecule has 19 heavy (non-hydrogen) atoms. The van der Waals surface area contributed by atoms with Gasteiger partial charge < -0.3 is 10.4 Å². The van der Waals surface area contributed by atoms with Gasteiger partial charge in [-0.1, -0.05) is 19.3 Å². The molecule has 0 saturated heterocycles. The number of carboxylic acids is 1. The van der Waals surface area contributed by atoms with Crippen LogP contribution in [-0.4, -0.2) is 26.5 Å². The van der Waals surface area contributed by atoms with E-state index in [1.807, 2.05) is 0 Å². The van der Waals surface area contributed by atoms with E-state index >= 15 is 0 Å². The van der Waals surface area contributed by atoms with Crippen molar-refractivity contribution in [1.29, 1.82) is 0 Å². The molecule has 1 aromatic heterocycles. The summed E-state index contributed by atoms with van der Waals surface area (Å²) in [6.07, 6.45) is 7.30. The van der Waals surface area contributed by atoms with Crippen molar-refractivity contribution in [2.24, 2.45) is 5.92 Å². The molecule has 1 heterocycles. The topological polar surface area (TPSA) is 75.1 Å². The monoisotopic (exact) mass is 281 g/mol. The van der Waals surface area contributed by atoms with Crippen molar-refractivity contribution in [2.75, 3.05) is 5.32 Å². The molecule has 0 amide bonds. The van der Waals surface area contributed by atoms with Crippen molar-refractivity contribution in [3.8, 4) is 0 Å². The van der Waals surface area contributed by atoms with Crippen LogP contribution in [-0.2, 0) is 4.79 Å². The lowest BCUT2D eigenvalue weighted by atomic mass is 9.95. The summed E-state index contributed by atoms with van der Waals surface area (Å²) in [6, 6.07) is 0.00000283. The summed E-state index contributed by atoms with van der Waals surface area (Å²) in [5, 5.41) is 13.5. The van der Waals surface area contributed by atoms with Crippen molar-refractivity contribution < 1.29 is 9.90 Å². The normalized spacial score (nSPS) is 27.8. The summed E-state index contributed by atoms with van der Waals surface area (Å²) >= 11 is 1.37. The summed E-state index contributed by atoms with van der Waals surface area (Å²) in [5.41, 5.74) is 0. The van der Waals surface area contributed by atoms with Gasteiger partial charge in [0.2, 0.25) is 5.13 Å². The molecule has 0 radical (unpaired) electrons. The molecule has 0 aliphatic heterocycles. The van der Waals surface area contributed by atoms with Crippen LogP contribution >= 0.6 is 11.5 Å². The van der Waals surface area contributed by atoms with Gasteiger partial charge in [0.15, 0.2) is 0 Å². The van der Waals surface area contributed by atoms with Gasteiger partial charge in [0.1, 0.15) is 5.82 Å². The molecular weight excluding hydrogens is 262 g/mol. The van der Waals surface area contributed by atoms with Gasteiger partial charge in [0.05, 0.1) is 5.92 Å². The van der Waals surface area contributed by atoms with E-state index in [4.69, 9.17) is 0 Å². The Bertz CT molecular complexity index is 458. The van der Waals surface area contributed by atoms with E-state index in [-0.39, 0.29) is 12.0 Å². The van der Waals surface area contributed by atoms with Crippen LogP contribution in [0, 0.1) is 5.92 Å². The van der Waals surface area contributed by atoms with Crippen LogP contribution in [0.5, 0.6) is 0 Å². The van der Waals surface area contributed by atoms with Crippen LogP contribution < -0.4 is 5.32 Å². The summed E-state index contributed by atoms with van der Waals surface area (Å²) in [7, 11) is 0. The van der Waals surface area contributed by atoms with Crippen LogP contribution in [0.2, 0.25) is 0 Å². The lowest BCUT2D eigenvalue weighted by Crippen LogP contribution is -2.33. The van der Waals surface area contributed by atoms with Crippen LogP contribution in [0.1, 0.15) is 56.7 Å². The molecule has 0 bridgehead atoms. The molecule has 0 aromatic carbocycles. The van der Waals surface area contributed by atoms with E-state index in [0.717, 1.165) is 43.1 Å². The van der Waals surface area contributed by atoms with Crippen LogP contribution in [0.3, 0.4) is 0 Å². The van der Waals surface area contributed by atoms with Gasteiger partial charge in [-0.2, -0.15) is 4.37 Å². The number of rotatable bonds is 4. The average molecular weight is 281 g/mol. The molecule has 104 valence electrons. The second kappa shape index (κ2) is 5.45. The number of nitrogens with one attached hydrogen (secondary N) is 1. The van der Waals surface area contributed by atoms with E-state index in [0.29, 0.717) is 5.92 Å². The fourth-order valence-corrected chi connectivity index (χ4v) is 3.44. The molecule has 2 aliphatic rings. The van der Waals surface area contributed by atoms with E-state index in [2.05, 4.69) is 14.7 Å². The minimum absolute atomic E-state index is 0.00000283. The Morgan fingerprint density at radius 2 is 2.00 bits per heavy atom. The number of aromatic nitrogens is 2. The minimum Gasteiger partial charge on any atom is -0.481 e. The van der Waals surface area contributed by atoms with Gasteiger partial charge in [-0.05, 0) is 25.7 Å². The maximum Gasteiger partial charge on any atom is 0.308 e. The Hall–Kier alpha value is -1.17. The maximum atomic E-state index is 11.4. The van der Waals surface area contributed by atoms with Crippen LogP contribution in [0.4, 0.5) is 5.13 Å². The number of carboxylic acid groups (broad SMARTS) is 1. The molecule has 2 saturated carbocycles. The number of hydrogen-bond donors (Lipinski definition) is 2. The lowest BCUT2D eigenvalue weighted by Gasteiger charge is -2.22. The molecule has 1 aromatic rings. The molecule has 2 N–H and O–H groups in total. The standard InChI is InChI=1S/C13H19N3O2S/c17-12(18)9-4-2-1-3-5-10(9)14-13-15-11(16-19-13)8-6-7-8/h8-10H,1-7H2,(H,17,18)(H,14,15,16). The molecule has 2 unspecified atom stereocenters. The molecule has 2 fully saturated rings. The van der Waals surface area contributed by atoms with E-state index in [1.165, 1.54) is 24.4 Å². The fourth-order valence-electron chi connectivity index (χ4n) is 2.74. The third kappa shape index (κ3) is 3.05. The zero-order chi connectivity index (χ0) is 13.2. The average Bonchev–Trinajstić information content (AvgIpc) is 3.15. The third-order valence-corrected chi connectivity index (χ3v) is 4.69. The van der Waals surface area contributed by atoms with Gasteiger partial charge in [-0.15, -0.1) is 0 Å². The van der Waals surface area contributed by atoms with Gasteiger partial charge in [-0.3, -0.25) is 4.79 Å². The van der Waals surface area contributed by atoms with Crippen molar-refractivity contribution in [1.82, 2.24) is 9.36 Å². The highest BCUT2D eigenvalue weighted by Gasteiger charge is 2.31. The SMILES string of the molecule is O=C(O)C1CCCCCC1Nc1nc(C2CC2)ns1. The first kappa shape index (κ1) is 12.8. The molecular formula is C13H19N3O2S. The smallest absolute Gasteiger partial charge is 0.308 e. The zero-order valence-electron chi connectivity index (χ0n) is 10.8. The molecule has 5 nitrogen and oxygen atoms in total. The summed E-state index contributed by atoms with van der Waals surface area (Å²) in [5.74, 6) is 0.506. The first-order valence-electron chi connectivity index (χ1n) is 7.07. The molecule has 2 atom stereocenters. The van der Waals surface area contributed by atoms with Crippen molar-refractivity contribution in [2.45, 2.75) is 56.9 Å². The summed E-state index contributed by atoms with van der Waals surface area (Å²) in [6.45, 7) is 0. The molecule has 3 rings (SSSR count). The second-order valence-electron chi connectivity index (χ2n) is 5.57. The van der Waals surface area contributed by atoms with Gasteiger partial charge >= 0.3 is 5.97 Å². The van der Waals surface area contributed by atoms with E-state index < -0.39 is 5.97 Å². The minimum atomic E-state index is -0.689. The molecule has 6 heteroatoms. The Morgan fingerprint density at radius 3 is 2.74 bits per heavy atom. The quantitative estimate of drug-likeness (QED) is 0.830. The van der Waals surface area contributed by atoms with Gasteiger partial charge in [0.25, 0.3) is 0 Å². The largest absolute Gasteiger partial charge is 0.481 e. The zero-order valence-corrected chi connectivity index (χ0v) is 11.7. The number of carbonyl (C=O) groups is 1. The van der Waals surface area contributed by atoms with Crippen LogP contribution in [0.15, 0.2) is 0 Å². The third-order valence-electron chi connectivity index (χ3n) is 4.03. The Morgan fingerprint density at radius 1 is 1.21 bits per heavy atom. The van der Waals surface area contributed by atoms with Crippen LogP contribution in [0.25, 0.3) is 0 Å². The van der Waals surface area contributed by atoms with Gasteiger partial charge in [-0.25, -0.2) is 4.98 Å². The van der Waals surface area contributed by atoms with Gasteiger partial charge in [0, 0.05) is 23.5 Å². The highest BCUT2D eigenvalue weighted by molar-refractivity contribution is 7.09. The maximum absolute atomic E-state index is 11.4.